The van der Waals surface area contributed by atoms with Crippen LogP contribution in [0.5, 0.6) is 0 Å². The van der Waals surface area contributed by atoms with E-state index in [9.17, 15) is 0 Å². The van der Waals surface area contributed by atoms with E-state index >= 15 is 0 Å². The number of benzene rings is 1. The molecule has 1 aromatic carbocycles. The van der Waals surface area contributed by atoms with Crippen LogP contribution in [0.3, 0.4) is 0 Å². The number of anilines is 1. The van der Waals surface area contributed by atoms with Crippen molar-refractivity contribution in [2.24, 2.45) is 7.05 Å². The van der Waals surface area contributed by atoms with E-state index in [0.717, 1.165) is 10.7 Å². The number of aryl methyl sites for hydroxylation is 1. The normalized spacial score (nSPS) is 12.4. The topological polar surface area (TPSA) is 29.9 Å². The summed E-state index contributed by atoms with van der Waals surface area (Å²) in [4.78, 5) is 0. The molecule has 0 aliphatic rings. The van der Waals surface area contributed by atoms with Crippen molar-refractivity contribution < 1.29 is 0 Å². The van der Waals surface area contributed by atoms with Crippen molar-refractivity contribution in [3.8, 4) is 0 Å². The van der Waals surface area contributed by atoms with Crippen LogP contribution in [0.2, 0.25) is 5.02 Å². The molecule has 2 rings (SSSR count). The smallest absolute Gasteiger partial charge is 0.0731 e. The van der Waals surface area contributed by atoms with Gasteiger partial charge in [0.1, 0.15) is 0 Å². The molecule has 0 spiro atoms. The van der Waals surface area contributed by atoms with Gasteiger partial charge in [0, 0.05) is 24.3 Å². The molecular formula is C12H14ClN3. The van der Waals surface area contributed by atoms with Crippen LogP contribution in [0, 0.1) is 0 Å². The summed E-state index contributed by atoms with van der Waals surface area (Å²) in [5.74, 6) is 0. The fourth-order valence-corrected chi connectivity index (χ4v) is 1.71. The molecule has 0 aliphatic heterocycles. The van der Waals surface area contributed by atoms with E-state index in [1.807, 2.05) is 43.7 Å². The number of hydrogen-bond donors (Lipinski definition) is 1. The first-order valence-electron chi connectivity index (χ1n) is 5.16. The first-order valence-corrected chi connectivity index (χ1v) is 5.53. The molecule has 1 heterocycles. The third-order valence-corrected chi connectivity index (χ3v) is 2.71. The van der Waals surface area contributed by atoms with Gasteiger partial charge in [0.25, 0.3) is 0 Å². The van der Waals surface area contributed by atoms with Gasteiger partial charge in [0.15, 0.2) is 0 Å². The van der Waals surface area contributed by atoms with E-state index in [0.29, 0.717) is 0 Å². The molecule has 0 radical (unpaired) electrons. The van der Waals surface area contributed by atoms with Gasteiger partial charge < -0.3 is 5.32 Å². The lowest BCUT2D eigenvalue weighted by Crippen LogP contribution is -2.05. The van der Waals surface area contributed by atoms with Gasteiger partial charge in [-0.2, -0.15) is 5.10 Å². The Morgan fingerprint density at radius 3 is 2.56 bits per heavy atom. The highest BCUT2D eigenvalue weighted by atomic mass is 35.5. The van der Waals surface area contributed by atoms with Crippen LogP contribution in [0.4, 0.5) is 5.69 Å². The third kappa shape index (κ3) is 2.55. The molecule has 1 N–H and O–H groups in total. The van der Waals surface area contributed by atoms with Crippen LogP contribution >= 0.6 is 11.6 Å². The minimum atomic E-state index is 0.237. The predicted octanol–water partition coefficient (Wildman–Crippen LogP) is 3.25. The zero-order chi connectivity index (χ0) is 11.5. The van der Waals surface area contributed by atoms with Crippen molar-refractivity contribution in [3.63, 3.8) is 0 Å². The second-order valence-corrected chi connectivity index (χ2v) is 4.26. The molecule has 4 heteroatoms. The van der Waals surface area contributed by atoms with Crippen LogP contribution in [0.1, 0.15) is 18.5 Å². The fourth-order valence-electron chi connectivity index (χ4n) is 1.58. The van der Waals surface area contributed by atoms with E-state index in [4.69, 9.17) is 11.6 Å². The minimum Gasteiger partial charge on any atom is -0.376 e. The highest BCUT2D eigenvalue weighted by Crippen LogP contribution is 2.20. The SMILES string of the molecule is CC(Nc1cnn(C)c1)c1ccc(Cl)cc1. The van der Waals surface area contributed by atoms with Gasteiger partial charge in [0.2, 0.25) is 0 Å². The van der Waals surface area contributed by atoms with Crippen molar-refractivity contribution in [2.75, 3.05) is 5.32 Å². The molecular weight excluding hydrogens is 222 g/mol. The van der Waals surface area contributed by atoms with Crippen LogP contribution in [-0.2, 0) is 7.05 Å². The van der Waals surface area contributed by atoms with Crippen LogP contribution in [0.25, 0.3) is 0 Å². The number of nitrogens with one attached hydrogen (secondary N) is 1. The zero-order valence-corrected chi connectivity index (χ0v) is 10.1. The van der Waals surface area contributed by atoms with Gasteiger partial charge in [-0.3, -0.25) is 4.68 Å². The molecule has 0 fully saturated rings. The monoisotopic (exact) mass is 235 g/mol. The van der Waals surface area contributed by atoms with Crippen molar-refractivity contribution >= 4 is 17.3 Å². The van der Waals surface area contributed by atoms with Crippen molar-refractivity contribution in [1.82, 2.24) is 9.78 Å². The summed E-state index contributed by atoms with van der Waals surface area (Å²) >= 11 is 5.85. The Morgan fingerprint density at radius 1 is 1.31 bits per heavy atom. The second kappa shape index (κ2) is 4.58. The van der Waals surface area contributed by atoms with Crippen molar-refractivity contribution in [1.29, 1.82) is 0 Å². The lowest BCUT2D eigenvalue weighted by molar-refractivity contribution is 0.767. The van der Waals surface area contributed by atoms with E-state index < -0.39 is 0 Å². The molecule has 0 bridgehead atoms. The molecule has 0 saturated heterocycles. The molecule has 0 aliphatic carbocycles. The molecule has 0 amide bonds. The van der Waals surface area contributed by atoms with Gasteiger partial charge in [-0.15, -0.1) is 0 Å². The number of hydrogen-bond acceptors (Lipinski definition) is 2. The Kier molecular flexibility index (Phi) is 3.15. The number of nitrogens with zero attached hydrogens (tertiary/aromatic N) is 2. The number of aromatic nitrogens is 2. The molecule has 1 aromatic heterocycles. The van der Waals surface area contributed by atoms with Gasteiger partial charge in [0.05, 0.1) is 11.9 Å². The highest BCUT2D eigenvalue weighted by molar-refractivity contribution is 6.30. The Hall–Kier alpha value is -1.48. The number of halogens is 1. The van der Waals surface area contributed by atoms with Crippen molar-refractivity contribution in [2.45, 2.75) is 13.0 Å². The standard InChI is InChI=1S/C12H14ClN3/c1-9(10-3-5-11(13)6-4-10)15-12-7-14-16(2)8-12/h3-9,15H,1-2H3. The average Bonchev–Trinajstić information content (AvgIpc) is 2.65. The van der Waals surface area contributed by atoms with E-state index in [1.165, 1.54) is 5.56 Å². The van der Waals surface area contributed by atoms with E-state index in [2.05, 4.69) is 17.3 Å². The maximum Gasteiger partial charge on any atom is 0.0731 e. The van der Waals surface area contributed by atoms with Gasteiger partial charge in [-0.1, -0.05) is 23.7 Å². The fraction of sp³-hybridized carbons (Fsp3) is 0.250. The van der Waals surface area contributed by atoms with Crippen LogP contribution < -0.4 is 5.32 Å². The minimum absolute atomic E-state index is 0.237. The van der Waals surface area contributed by atoms with Crippen LogP contribution in [0.15, 0.2) is 36.7 Å². The van der Waals surface area contributed by atoms with Crippen molar-refractivity contribution in [3.05, 3.63) is 47.2 Å². The zero-order valence-electron chi connectivity index (χ0n) is 9.31. The summed E-state index contributed by atoms with van der Waals surface area (Å²) in [6.45, 7) is 2.11. The molecule has 3 nitrogen and oxygen atoms in total. The Labute approximate surface area is 100 Å². The summed E-state index contributed by atoms with van der Waals surface area (Å²) in [5.41, 5.74) is 2.22. The average molecular weight is 236 g/mol. The van der Waals surface area contributed by atoms with Crippen LogP contribution in [-0.4, -0.2) is 9.78 Å². The lowest BCUT2D eigenvalue weighted by Gasteiger charge is -2.13. The molecule has 1 atom stereocenters. The van der Waals surface area contributed by atoms with E-state index in [1.54, 1.807) is 4.68 Å². The Balaban J connectivity index is 2.08. The van der Waals surface area contributed by atoms with Gasteiger partial charge in [-0.05, 0) is 24.6 Å². The maximum absolute atomic E-state index is 5.85. The summed E-state index contributed by atoms with van der Waals surface area (Å²) in [7, 11) is 1.90. The molecule has 16 heavy (non-hydrogen) atoms. The first-order chi connectivity index (χ1) is 7.65. The molecule has 2 aromatic rings. The second-order valence-electron chi connectivity index (χ2n) is 3.82. The Bertz CT molecular complexity index is 461. The molecule has 1 unspecified atom stereocenters. The van der Waals surface area contributed by atoms with Gasteiger partial charge >= 0.3 is 0 Å². The predicted molar refractivity (Wildman–Crippen MR) is 66.7 cm³/mol. The largest absolute Gasteiger partial charge is 0.376 e. The Morgan fingerprint density at radius 2 is 2.00 bits per heavy atom. The summed E-state index contributed by atoms with van der Waals surface area (Å²) in [6, 6.07) is 8.09. The quantitative estimate of drug-likeness (QED) is 0.885. The van der Waals surface area contributed by atoms with Gasteiger partial charge in [-0.25, -0.2) is 0 Å². The first kappa shape index (κ1) is 11.0. The summed E-state index contributed by atoms with van der Waals surface area (Å²) in [6.07, 6.45) is 3.76. The summed E-state index contributed by atoms with van der Waals surface area (Å²) < 4.78 is 1.77. The number of rotatable bonds is 3. The maximum atomic E-state index is 5.85. The van der Waals surface area contributed by atoms with E-state index in [-0.39, 0.29) is 6.04 Å². The lowest BCUT2D eigenvalue weighted by atomic mass is 10.1. The molecule has 84 valence electrons. The molecule has 0 saturated carbocycles. The summed E-state index contributed by atoms with van der Waals surface area (Å²) in [5, 5.41) is 8.24. The highest BCUT2D eigenvalue weighted by Gasteiger charge is 2.05. The third-order valence-electron chi connectivity index (χ3n) is 2.46.